The molecule has 0 aromatic carbocycles. The Morgan fingerprint density at radius 1 is 0.667 bits per heavy atom. The van der Waals surface area contributed by atoms with Gasteiger partial charge in [-0.15, -0.1) is 10.2 Å². The Hall–Kier alpha value is -2.74. The van der Waals surface area contributed by atoms with Gasteiger partial charge in [0.1, 0.15) is 11.4 Å². The van der Waals surface area contributed by atoms with Crippen molar-refractivity contribution < 1.29 is 0 Å². The number of amidine groups is 4. The maximum atomic E-state index is 5.52. The maximum Gasteiger partial charge on any atom is 3.00 e. The van der Waals surface area contributed by atoms with Gasteiger partial charge in [0.2, 0.25) is 0 Å². The van der Waals surface area contributed by atoms with Gasteiger partial charge in [0, 0.05) is 12.4 Å². The van der Waals surface area contributed by atoms with Crippen LogP contribution in [-0.2, 0) is 25.3 Å². The zero-order valence-corrected chi connectivity index (χ0v) is 18.1. The van der Waals surface area contributed by atoms with E-state index in [1.807, 2.05) is 0 Å². The molecule has 8 N–H and O–H groups in total. The van der Waals surface area contributed by atoms with Gasteiger partial charge >= 0.3 is 19.8 Å². The number of rotatable bonds is 4. The van der Waals surface area contributed by atoms with Crippen molar-refractivity contribution in [2.45, 2.75) is 0 Å². The second-order valence-corrected chi connectivity index (χ2v) is 5.11. The van der Waals surface area contributed by atoms with Crippen LogP contribution in [0.3, 0.4) is 0 Å². The molecule has 0 saturated carbocycles. The third-order valence-electron chi connectivity index (χ3n) is 2.37. The fourth-order valence-corrected chi connectivity index (χ4v) is 1.42. The van der Waals surface area contributed by atoms with Crippen LogP contribution in [0.15, 0.2) is 69.2 Å². The summed E-state index contributed by atoms with van der Waals surface area (Å²) in [5, 5.41) is 13.9. The quantitative estimate of drug-likeness (QED) is 0.144. The van der Waals surface area contributed by atoms with Gasteiger partial charge in [0.15, 0.2) is 11.7 Å². The molecule has 0 fully saturated rings. The van der Waals surface area contributed by atoms with Crippen molar-refractivity contribution in [1.82, 2.24) is 9.97 Å². The van der Waals surface area contributed by atoms with E-state index in [1.165, 1.54) is 0 Å². The molecule has 0 aliphatic heterocycles. The molecule has 10 nitrogen and oxygen atoms in total. The van der Waals surface area contributed by atoms with Crippen LogP contribution in [0.5, 0.6) is 0 Å². The van der Waals surface area contributed by atoms with E-state index >= 15 is 0 Å². The van der Waals surface area contributed by atoms with Gasteiger partial charge in [-0.2, -0.15) is 10.2 Å². The minimum atomic E-state index is -0.0566. The molecule has 27 heavy (non-hydrogen) atoms. The predicted octanol–water partition coefficient (Wildman–Crippen LogP) is -1.25. The molecule has 0 amide bonds. The normalized spacial score (nSPS) is 12.4. The van der Waals surface area contributed by atoms with Gasteiger partial charge in [-0.3, -0.25) is 9.97 Å². The van der Waals surface area contributed by atoms with Crippen molar-refractivity contribution in [2.24, 2.45) is 43.3 Å². The van der Waals surface area contributed by atoms with E-state index < -0.39 is 0 Å². The molecule has 2 aromatic rings. The second-order valence-electron chi connectivity index (χ2n) is 4.28. The third-order valence-corrected chi connectivity index (χ3v) is 2.53. The topological polar surface area (TPSA) is 179 Å². The summed E-state index contributed by atoms with van der Waals surface area (Å²) < 4.78 is 0. The maximum absolute atomic E-state index is 5.52. The van der Waals surface area contributed by atoms with Gasteiger partial charge < -0.3 is 48.2 Å². The van der Waals surface area contributed by atoms with Crippen LogP contribution in [0.4, 0.5) is 0 Å². The molecule has 2 heterocycles. The fourth-order valence-electron chi connectivity index (χ4n) is 1.34. The van der Waals surface area contributed by atoms with Crippen molar-refractivity contribution in [3.8, 4) is 0 Å². The third kappa shape index (κ3) is 10.8. The summed E-state index contributed by atoms with van der Waals surface area (Å²) in [6, 6.07) is 10.6. The average Bonchev–Trinajstić information content (AvgIpc) is 2.66. The first-order chi connectivity index (χ1) is 12.4. The molecular weight excluding hydrogens is 442 g/mol. The molecule has 0 radical (unpaired) electrons. The molecule has 0 aliphatic rings. The molecule has 0 spiro atoms. The molecule has 0 bridgehead atoms. The van der Waals surface area contributed by atoms with Crippen LogP contribution in [-0.4, -0.2) is 51.8 Å². The minimum Gasteiger partial charge on any atom is -0.741 e. The van der Waals surface area contributed by atoms with Crippen LogP contribution in [0, 0.1) is 0 Å². The monoisotopic (exact) mass is 457 g/mol. The summed E-state index contributed by atoms with van der Waals surface area (Å²) >= 11 is 8.98. The molecule has 0 aliphatic carbocycles. The van der Waals surface area contributed by atoms with Crippen LogP contribution in [0.25, 0.3) is 0 Å². The van der Waals surface area contributed by atoms with Crippen molar-refractivity contribution in [3.63, 3.8) is 0 Å². The van der Waals surface area contributed by atoms with Gasteiger partial charge in [0.25, 0.3) is 0 Å². The smallest absolute Gasteiger partial charge is 0.741 e. The van der Waals surface area contributed by atoms with E-state index in [0.29, 0.717) is 11.4 Å². The van der Waals surface area contributed by atoms with Crippen LogP contribution < -0.4 is 22.9 Å². The Kier molecular flexibility index (Phi) is 12.1. The Morgan fingerprint density at radius 3 is 1.30 bits per heavy atom. The summed E-state index contributed by atoms with van der Waals surface area (Å²) in [7, 11) is 0. The van der Waals surface area contributed by atoms with E-state index in [9.17, 15) is 0 Å². The Balaban J connectivity index is 0.000000483. The summed E-state index contributed by atoms with van der Waals surface area (Å²) in [6.45, 7) is 0. The van der Waals surface area contributed by atoms with Gasteiger partial charge in [-0.25, -0.2) is 0 Å². The number of pyridine rings is 2. The van der Waals surface area contributed by atoms with E-state index in [1.54, 1.807) is 48.8 Å². The van der Waals surface area contributed by atoms with Crippen molar-refractivity contribution >= 4 is 67.1 Å². The van der Waals surface area contributed by atoms with Gasteiger partial charge in [0.05, 0.1) is 0 Å². The van der Waals surface area contributed by atoms with Crippen LogP contribution in [0.2, 0.25) is 0 Å². The first-order valence-electron chi connectivity index (χ1n) is 6.90. The van der Waals surface area contributed by atoms with Crippen molar-refractivity contribution in [2.75, 3.05) is 0 Å². The Bertz CT molecular complexity index is 732. The summed E-state index contributed by atoms with van der Waals surface area (Å²) in [4.78, 5) is 7.91. The molecule has 0 saturated heterocycles. The SMILES string of the molecule is N/C(=N\N=C(/N)[S-])c1ccccn1.N/C(=N\N=C(/N)[S-])c1ccccn1.[Ga+3]. The van der Waals surface area contributed by atoms with E-state index in [2.05, 4.69) is 55.6 Å². The first kappa shape index (κ1) is 24.3. The fraction of sp³-hybridized carbons (Fsp3) is 0. The summed E-state index contributed by atoms with van der Waals surface area (Å²) in [6.07, 6.45) is 3.22. The van der Waals surface area contributed by atoms with Crippen LogP contribution >= 0.6 is 0 Å². The van der Waals surface area contributed by atoms with E-state index in [4.69, 9.17) is 22.9 Å². The molecule has 2 rings (SSSR count). The van der Waals surface area contributed by atoms with Crippen molar-refractivity contribution in [3.05, 3.63) is 60.2 Å². The second kappa shape index (κ2) is 13.5. The number of hydrogen-bond donors (Lipinski definition) is 4. The van der Waals surface area contributed by atoms with Crippen LogP contribution in [0.1, 0.15) is 11.4 Å². The molecule has 13 heteroatoms. The Labute approximate surface area is 180 Å². The van der Waals surface area contributed by atoms with E-state index in [0.717, 1.165) is 0 Å². The van der Waals surface area contributed by atoms with Gasteiger partial charge in [-0.05, 0) is 34.6 Å². The predicted molar refractivity (Wildman–Crippen MR) is 114 cm³/mol. The number of aromatic nitrogens is 2. The molecule has 0 atom stereocenters. The van der Waals surface area contributed by atoms with Crippen molar-refractivity contribution in [1.29, 1.82) is 0 Å². The molecule has 0 unspecified atom stereocenters. The number of hydrogen-bond acceptors (Lipinski definition) is 8. The minimum absolute atomic E-state index is 0. The summed E-state index contributed by atoms with van der Waals surface area (Å²) in [5.74, 6) is 0.377. The molecule has 136 valence electrons. The largest absolute Gasteiger partial charge is 3.00 e. The average molecular weight is 458 g/mol. The van der Waals surface area contributed by atoms with E-state index in [-0.39, 0.29) is 41.8 Å². The van der Waals surface area contributed by atoms with Gasteiger partial charge in [-0.1, -0.05) is 12.1 Å². The Morgan fingerprint density at radius 2 is 1.04 bits per heavy atom. The zero-order valence-electron chi connectivity index (χ0n) is 14.0. The number of nitrogens with two attached hydrogens (primary N) is 4. The summed E-state index contributed by atoms with van der Waals surface area (Å²) in [5.41, 5.74) is 22.3. The molecule has 2 aromatic heterocycles. The standard InChI is InChI=1S/2C7H9N5S.Ga/c2*8-6(11-12-7(9)13)5-3-1-2-4-10-5;/h2*1-4H,(H2,8,11)(H3,9,12,13);/q;;+3/p-2. The first-order valence-corrected chi connectivity index (χ1v) is 7.71. The number of nitrogens with zero attached hydrogens (tertiary/aromatic N) is 6. The molecular formula is C14H16GaN10S2+. The zero-order chi connectivity index (χ0) is 19.4.